The molecule has 1 saturated heterocycles. The van der Waals surface area contributed by atoms with Crippen molar-refractivity contribution in [3.63, 3.8) is 0 Å². The lowest BCUT2D eigenvalue weighted by Crippen LogP contribution is -2.37. The lowest BCUT2D eigenvalue weighted by Gasteiger charge is -2.28. The predicted molar refractivity (Wildman–Crippen MR) is 99.5 cm³/mol. The molecule has 8 nitrogen and oxygen atoms in total. The van der Waals surface area contributed by atoms with Crippen molar-refractivity contribution < 1.29 is 31.5 Å². The van der Waals surface area contributed by atoms with Crippen molar-refractivity contribution in [3.05, 3.63) is 23.0 Å². The van der Waals surface area contributed by atoms with E-state index in [-0.39, 0.29) is 30.9 Å². The van der Waals surface area contributed by atoms with E-state index in [9.17, 15) is 27.1 Å². The number of phenolic OH excluding ortho intramolecular Hbond substituents is 1. The standard InChI is InChI=1S/C17H23F3N4O4S/c18-15-12-7-11(22-5-1-4-17(19,20)9-21)3-2-10(12)6-13(25)16(15)24-8-14(26)23-29(24,27)28/h6,11,22,25H,1-5,7-9,21H2,(H,23,26)/t11-/m1/s1. The average molecular weight is 436 g/mol. The van der Waals surface area contributed by atoms with Crippen LogP contribution in [-0.4, -0.2) is 51.0 Å². The van der Waals surface area contributed by atoms with E-state index in [0.29, 0.717) is 29.3 Å². The molecule has 0 saturated carbocycles. The zero-order chi connectivity index (χ0) is 21.4. The van der Waals surface area contributed by atoms with E-state index < -0.39 is 52.4 Å². The summed E-state index contributed by atoms with van der Waals surface area (Å²) < 4.78 is 67.8. The molecule has 29 heavy (non-hydrogen) atoms. The Bertz CT molecular complexity index is 910. The molecule has 1 fully saturated rings. The summed E-state index contributed by atoms with van der Waals surface area (Å²) in [5, 5.41) is 13.3. The van der Waals surface area contributed by atoms with E-state index in [1.807, 2.05) is 0 Å². The van der Waals surface area contributed by atoms with Crippen LogP contribution in [0.5, 0.6) is 5.75 Å². The molecule has 3 rings (SSSR count). The Morgan fingerprint density at radius 2 is 2.14 bits per heavy atom. The van der Waals surface area contributed by atoms with E-state index in [2.05, 4.69) is 5.32 Å². The number of carbonyl (C=O) groups is 1. The van der Waals surface area contributed by atoms with Crippen molar-refractivity contribution >= 4 is 21.8 Å². The first kappa shape index (κ1) is 21.7. The first-order valence-electron chi connectivity index (χ1n) is 9.22. The number of nitrogens with one attached hydrogen (secondary N) is 2. The maximum Gasteiger partial charge on any atom is 0.326 e. The van der Waals surface area contributed by atoms with Gasteiger partial charge in [-0.25, -0.2) is 22.2 Å². The molecular weight excluding hydrogens is 413 g/mol. The molecule has 0 spiro atoms. The summed E-state index contributed by atoms with van der Waals surface area (Å²) in [5.41, 5.74) is 5.23. The second-order valence-electron chi connectivity index (χ2n) is 7.29. The van der Waals surface area contributed by atoms with Gasteiger partial charge in [0.15, 0.2) is 5.82 Å². The number of fused-ring (bicyclic) bond motifs is 1. The minimum Gasteiger partial charge on any atom is -0.506 e. The summed E-state index contributed by atoms with van der Waals surface area (Å²) in [6.07, 6.45) is 1.11. The van der Waals surface area contributed by atoms with Crippen LogP contribution in [0.15, 0.2) is 6.07 Å². The monoisotopic (exact) mass is 436 g/mol. The number of halogens is 3. The van der Waals surface area contributed by atoms with Gasteiger partial charge in [0.2, 0.25) is 0 Å². The normalized spacial score (nSPS) is 21.2. The zero-order valence-corrected chi connectivity index (χ0v) is 16.4. The summed E-state index contributed by atoms with van der Waals surface area (Å²) in [7, 11) is -4.27. The summed E-state index contributed by atoms with van der Waals surface area (Å²) in [5.74, 6) is -5.19. The van der Waals surface area contributed by atoms with Crippen molar-refractivity contribution in [2.24, 2.45) is 5.73 Å². The molecule has 1 aromatic carbocycles. The van der Waals surface area contributed by atoms with Crippen molar-refractivity contribution in [1.82, 2.24) is 10.0 Å². The Balaban J connectivity index is 1.74. The third-order valence-electron chi connectivity index (χ3n) is 5.15. The van der Waals surface area contributed by atoms with E-state index >= 15 is 4.39 Å². The van der Waals surface area contributed by atoms with Crippen LogP contribution < -0.4 is 20.1 Å². The number of amides is 1. The number of carbonyl (C=O) groups excluding carboxylic acids is 1. The number of anilines is 1. The van der Waals surface area contributed by atoms with E-state index in [1.54, 1.807) is 4.72 Å². The molecule has 1 amide bonds. The fourth-order valence-corrected chi connectivity index (χ4v) is 4.82. The summed E-state index contributed by atoms with van der Waals surface area (Å²) in [6.45, 7) is -1.03. The maximum atomic E-state index is 15.2. The van der Waals surface area contributed by atoms with Crippen molar-refractivity contribution in [3.8, 4) is 5.75 Å². The molecule has 12 heteroatoms. The van der Waals surface area contributed by atoms with Crippen LogP contribution in [0.1, 0.15) is 30.4 Å². The molecule has 2 aliphatic rings. The lowest BCUT2D eigenvalue weighted by molar-refractivity contribution is -0.117. The Morgan fingerprint density at radius 1 is 1.41 bits per heavy atom. The van der Waals surface area contributed by atoms with Crippen LogP contribution in [0, 0.1) is 5.82 Å². The quantitative estimate of drug-likeness (QED) is 0.463. The molecule has 0 aromatic heterocycles. The number of hydrogen-bond donors (Lipinski definition) is 4. The van der Waals surface area contributed by atoms with E-state index in [1.165, 1.54) is 6.07 Å². The number of alkyl halides is 2. The average Bonchev–Trinajstić information content (AvgIpc) is 2.91. The molecule has 1 aromatic rings. The molecule has 1 aliphatic heterocycles. The molecule has 0 radical (unpaired) electrons. The minimum absolute atomic E-state index is 0.184. The van der Waals surface area contributed by atoms with Gasteiger partial charge in [0, 0.05) is 12.5 Å². The zero-order valence-electron chi connectivity index (χ0n) is 15.6. The van der Waals surface area contributed by atoms with Crippen LogP contribution in [0.25, 0.3) is 0 Å². The van der Waals surface area contributed by atoms with Crippen molar-refractivity contribution in [1.29, 1.82) is 0 Å². The predicted octanol–water partition coefficient (Wildman–Crippen LogP) is 0.533. The third kappa shape index (κ3) is 4.59. The molecule has 5 N–H and O–H groups in total. The fraction of sp³-hybridized carbons (Fsp3) is 0.588. The number of nitrogens with zero attached hydrogens (tertiary/aromatic N) is 1. The highest BCUT2D eigenvalue weighted by Gasteiger charge is 2.39. The van der Waals surface area contributed by atoms with E-state index in [4.69, 9.17) is 5.73 Å². The van der Waals surface area contributed by atoms with Crippen LogP contribution in [0.2, 0.25) is 0 Å². The van der Waals surface area contributed by atoms with Crippen LogP contribution in [0.3, 0.4) is 0 Å². The molecule has 162 valence electrons. The van der Waals surface area contributed by atoms with Gasteiger partial charge in [-0.2, -0.15) is 8.42 Å². The highest BCUT2D eigenvalue weighted by atomic mass is 32.2. The van der Waals surface area contributed by atoms with Gasteiger partial charge in [-0.1, -0.05) is 0 Å². The van der Waals surface area contributed by atoms with Crippen LogP contribution in [0.4, 0.5) is 18.9 Å². The summed E-state index contributed by atoms with van der Waals surface area (Å²) in [4.78, 5) is 11.4. The number of nitrogens with two attached hydrogens (primary N) is 1. The van der Waals surface area contributed by atoms with E-state index in [0.717, 1.165) is 0 Å². The SMILES string of the molecule is NCC(F)(F)CCCN[C@@H]1CCc2cc(O)c(N3CC(=O)NS3(=O)=O)c(F)c2C1. The largest absolute Gasteiger partial charge is 0.506 e. The third-order valence-corrected chi connectivity index (χ3v) is 6.52. The van der Waals surface area contributed by atoms with Crippen molar-refractivity contribution in [2.75, 3.05) is 23.9 Å². The van der Waals surface area contributed by atoms with Gasteiger partial charge in [0.1, 0.15) is 18.0 Å². The molecule has 1 aliphatic carbocycles. The molecule has 0 unspecified atom stereocenters. The van der Waals surface area contributed by atoms with Crippen LogP contribution in [-0.2, 0) is 27.8 Å². The second-order valence-corrected chi connectivity index (χ2v) is 8.89. The highest BCUT2D eigenvalue weighted by molar-refractivity contribution is 7.92. The maximum absolute atomic E-state index is 15.2. The Morgan fingerprint density at radius 3 is 2.76 bits per heavy atom. The van der Waals surface area contributed by atoms with Gasteiger partial charge in [-0.15, -0.1) is 0 Å². The molecule has 1 heterocycles. The molecular formula is C17H23F3N4O4S. The van der Waals surface area contributed by atoms with Crippen LogP contribution >= 0.6 is 0 Å². The van der Waals surface area contributed by atoms with Gasteiger partial charge in [0.05, 0.1) is 6.54 Å². The number of benzene rings is 1. The molecule has 0 bridgehead atoms. The van der Waals surface area contributed by atoms with Gasteiger partial charge < -0.3 is 16.2 Å². The fourth-order valence-electron chi connectivity index (χ4n) is 3.65. The lowest BCUT2D eigenvalue weighted by atomic mass is 9.87. The first-order valence-corrected chi connectivity index (χ1v) is 10.7. The number of hydrogen-bond acceptors (Lipinski definition) is 6. The first-order chi connectivity index (χ1) is 13.5. The number of aromatic hydroxyl groups is 1. The Labute approximate surface area is 166 Å². The number of aryl methyl sites for hydroxylation is 1. The van der Waals surface area contributed by atoms with Gasteiger partial charge in [0.25, 0.3) is 11.8 Å². The smallest absolute Gasteiger partial charge is 0.326 e. The highest BCUT2D eigenvalue weighted by Crippen LogP contribution is 2.39. The Kier molecular flexibility index (Phi) is 5.97. The number of phenols is 1. The Hall–Kier alpha value is -2.05. The summed E-state index contributed by atoms with van der Waals surface area (Å²) in [6, 6.07) is 1.13. The van der Waals surface area contributed by atoms with Crippen molar-refractivity contribution in [2.45, 2.75) is 44.1 Å². The van der Waals surface area contributed by atoms with Gasteiger partial charge in [-0.05, 0) is 49.4 Å². The second kappa shape index (κ2) is 8.00. The minimum atomic E-state index is -4.27. The van der Waals surface area contributed by atoms with Gasteiger partial charge in [-0.3, -0.25) is 4.79 Å². The molecule has 1 atom stereocenters. The van der Waals surface area contributed by atoms with Gasteiger partial charge >= 0.3 is 10.2 Å². The summed E-state index contributed by atoms with van der Waals surface area (Å²) >= 11 is 0. The number of rotatable bonds is 7. The topological polar surface area (TPSA) is 125 Å².